The van der Waals surface area contributed by atoms with E-state index in [9.17, 15) is 13.9 Å². The van der Waals surface area contributed by atoms with Gasteiger partial charge in [0.1, 0.15) is 12.0 Å². The number of hydrogen-bond acceptors (Lipinski definition) is 6. The lowest BCUT2D eigenvalue weighted by Gasteiger charge is -2.18. The molecular formula is C20H21F2NO4S. The summed E-state index contributed by atoms with van der Waals surface area (Å²) in [6.07, 6.45) is -1.93. The van der Waals surface area contributed by atoms with Crippen molar-refractivity contribution in [2.75, 3.05) is 14.2 Å². The van der Waals surface area contributed by atoms with Crippen molar-refractivity contribution in [1.29, 1.82) is 0 Å². The first-order valence-electron chi connectivity index (χ1n) is 8.62. The predicted octanol–water partition coefficient (Wildman–Crippen LogP) is 4.69. The highest BCUT2D eigenvalue weighted by atomic mass is 32.1. The minimum Gasteiger partial charge on any atom is -0.493 e. The number of ether oxygens (including phenoxy) is 2. The number of benzene rings is 2. The Hall–Kier alpha value is -2.42. The number of hydroxylamine groups is 1. The van der Waals surface area contributed by atoms with Crippen LogP contribution in [0.4, 0.5) is 8.78 Å². The van der Waals surface area contributed by atoms with E-state index in [4.69, 9.17) is 14.3 Å². The molecule has 2 aromatic carbocycles. The van der Waals surface area contributed by atoms with Crippen molar-refractivity contribution in [3.8, 4) is 17.2 Å². The normalized spacial score (nSPS) is 12.8. The van der Waals surface area contributed by atoms with E-state index in [0.717, 1.165) is 11.3 Å². The second-order valence-electron chi connectivity index (χ2n) is 6.15. The summed E-state index contributed by atoms with van der Waals surface area (Å²) < 4.78 is 40.4. The van der Waals surface area contributed by atoms with Crippen LogP contribution in [0.3, 0.4) is 0 Å². The summed E-state index contributed by atoms with van der Waals surface area (Å²) >= 11 is 0.996. The van der Waals surface area contributed by atoms with Crippen LogP contribution in [0.25, 0.3) is 10.1 Å². The van der Waals surface area contributed by atoms with Crippen molar-refractivity contribution in [2.45, 2.75) is 25.0 Å². The van der Waals surface area contributed by atoms with Gasteiger partial charge in [-0.15, -0.1) is 16.8 Å². The van der Waals surface area contributed by atoms with Gasteiger partial charge < -0.3 is 19.4 Å². The first kappa shape index (κ1) is 20.3. The van der Waals surface area contributed by atoms with Crippen LogP contribution in [0, 0.1) is 0 Å². The van der Waals surface area contributed by atoms with Gasteiger partial charge in [-0.25, -0.2) is 8.78 Å². The Balaban J connectivity index is 1.65. The lowest BCUT2D eigenvalue weighted by atomic mass is 10.1. The highest BCUT2D eigenvalue weighted by molar-refractivity contribution is 7.19. The van der Waals surface area contributed by atoms with E-state index < -0.39 is 18.6 Å². The fourth-order valence-corrected chi connectivity index (χ4v) is 3.75. The molecule has 3 rings (SSSR count). The number of nitrogens with one attached hydrogen (secondary N) is 1. The van der Waals surface area contributed by atoms with Crippen molar-refractivity contribution in [1.82, 2.24) is 5.48 Å². The molecule has 28 heavy (non-hydrogen) atoms. The molecule has 0 aliphatic heterocycles. The summed E-state index contributed by atoms with van der Waals surface area (Å²) in [5.41, 5.74) is 2.37. The summed E-state index contributed by atoms with van der Waals surface area (Å²) in [5.74, 6) is -1.62. The Morgan fingerprint density at radius 1 is 1.07 bits per heavy atom. The Bertz CT molecular complexity index is 876. The van der Waals surface area contributed by atoms with Crippen LogP contribution in [0.1, 0.15) is 17.7 Å². The van der Waals surface area contributed by atoms with Gasteiger partial charge in [-0.3, -0.25) is 0 Å². The molecule has 0 bridgehead atoms. The Morgan fingerprint density at radius 2 is 1.75 bits per heavy atom. The molecule has 0 saturated heterocycles. The van der Waals surface area contributed by atoms with Gasteiger partial charge in [0.05, 0.1) is 19.1 Å². The third-order valence-corrected chi connectivity index (χ3v) is 5.38. The number of aliphatic hydroxyl groups is 1. The van der Waals surface area contributed by atoms with Gasteiger partial charge in [0.2, 0.25) is 0 Å². The number of thiophene rings is 1. The minimum atomic E-state index is -3.08. The smallest absolute Gasteiger partial charge is 0.282 e. The van der Waals surface area contributed by atoms with Crippen LogP contribution in [-0.4, -0.2) is 25.6 Å². The van der Waals surface area contributed by atoms with E-state index in [1.807, 2.05) is 6.07 Å². The molecule has 0 aliphatic rings. The summed E-state index contributed by atoms with van der Waals surface area (Å²) in [6.45, 7) is 0. The first-order valence-corrected chi connectivity index (χ1v) is 9.44. The minimum absolute atomic E-state index is 0.0750. The Kier molecular flexibility index (Phi) is 6.33. The van der Waals surface area contributed by atoms with E-state index in [1.54, 1.807) is 36.4 Å². The second kappa shape index (κ2) is 8.72. The maximum atomic E-state index is 14.7. The van der Waals surface area contributed by atoms with Crippen LogP contribution in [0.5, 0.6) is 17.2 Å². The third-order valence-electron chi connectivity index (χ3n) is 4.17. The zero-order chi connectivity index (χ0) is 20.1. The van der Waals surface area contributed by atoms with Gasteiger partial charge in [0.15, 0.2) is 11.5 Å². The largest absolute Gasteiger partial charge is 0.493 e. The molecule has 1 heterocycles. The topological polar surface area (TPSA) is 60.0 Å². The first-order chi connectivity index (χ1) is 13.4. The standard InChI is InChI=1S/C20H21F2NO4S/c1-25-15-10-13-11-18(28-17(13)12-16(15)26-2)20(21,22)9-8-19(24)23-27-14-6-4-3-5-7-14/h3-7,10-12,19,23-24H,8-9H2,1-2H3. The number of alkyl halides is 2. The van der Waals surface area contributed by atoms with Gasteiger partial charge >= 0.3 is 0 Å². The molecule has 0 amide bonds. The molecule has 0 aliphatic carbocycles. The Labute approximate surface area is 165 Å². The highest BCUT2D eigenvalue weighted by Gasteiger charge is 2.34. The molecule has 0 fully saturated rings. The summed E-state index contributed by atoms with van der Waals surface area (Å²) in [7, 11) is 3.00. The molecule has 2 N–H and O–H groups in total. The van der Waals surface area contributed by atoms with Gasteiger partial charge in [0.25, 0.3) is 5.92 Å². The Morgan fingerprint density at radius 3 is 2.43 bits per heavy atom. The quantitative estimate of drug-likeness (QED) is 0.397. The SMILES string of the molecule is COc1cc2cc(C(F)(F)CCC(O)NOc3ccccc3)sc2cc1OC. The van der Waals surface area contributed by atoms with Crippen LogP contribution < -0.4 is 19.8 Å². The number of hydrogen-bond donors (Lipinski definition) is 2. The average Bonchev–Trinajstić information content (AvgIpc) is 3.14. The van der Waals surface area contributed by atoms with Crippen LogP contribution in [0.15, 0.2) is 48.5 Å². The molecule has 8 heteroatoms. The molecular weight excluding hydrogens is 388 g/mol. The lowest BCUT2D eigenvalue weighted by molar-refractivity contribution is -0.0436. The van der Waals surface area contributed by atoms with Gasteiger partial charge in [-0.1, -0.05) is 18.2 Å². The zero-order valence-corrected chi connectivity index (χ0v) is 16.3. The van der Waals surface area contributed by atoms with E-state index in [2.05, 4.69) is 5.48 Å². The van der Waals surface area contributed by atoms with Gasteiger partial charge in [-0.05, 0) is 36.1 Å². The van der Waals surface area contributed by atoms with E-state index in [1.165, 1.54) is 20.3 Å². The summed E-state index contributed by atoms with van der Waals surface area (Å²) in [5, 5.41) is 10.6. The summed E-state index contributed by atoms with van der Waals surface area (Å²) in [6, 6.07) is 13.5. The molecule has 0 saturated carbocycles. The van der Waals surface area contributed by atoms with Gasteiger partial charge in [-0.2, -0.15) is 0 Å². The third kappa shape index (κ3) is 4.70. The second-order valence-corrected chi connectivity index (χ2v) is 7.23. The maximum Gasteiger partial charge on any atom is 0.282 e. The van der Waals surface area contributed by atoms with Crippen LogP contribution >= 0.6 is 11.3 Å². The molecule has 150 valence electrons. The zero-order valence-electron chi connectivity index (χ0n) is 15.4. The number of fused-ring (bicyclic) bond motifs is 1. The number of halogens is 2. The molecule has 1 atom stereocenters. The predicted molar refractivity (Wildman–Crippen MR) is 104 cm³/mol. The lowest BCUT2D eigenvalue weighted by Crippen LogP contribution is -2.33. The molecule has 1 aromatic heterocycles. The van der Waals surface area contributed by atoms with Crippen molar-refractivity contribution in [2.24, 2.45) is 0 Å². The van der Waals surface area contributed by atoms with Crippen LogP contribution in [-0.2, 0) is 5.92 Å². The molecule has 0 spiro atoms. The van der Waals surface area contributed by atoms with Crippen LogP contribution in [0.2, 0.25) is 0 Å². The summed E-state index contributed by atoms with van der Waals surface area (Å²) in [4.78, 5) is 5.09. The number of para-hydroxylation sites is 1. The fourth-order valence-electron chi connectivity index (χ4n) is 2.67. The van der Waals surface area contributed by atoms with Crippen molar-refractivity contribution >= 4 is 21.4 Å². The van der Waals surface area contributed by atoms with Crippen molar-refractivity contribution < 1.29 is 28.2 Å². The van der Waals surface area contributed by atoms with E-state index in [0.29, 0.717) is 27.3 Å². The fraction of sp³-hybridized carbons (Fsp3) is 0.300. The number of rotatable bonds is 9. The van der Waals surface area contributed by atoms with E-state index in [-0.39, 0.29) is 11.3 Å². The van der Waals surface area contributed by atoms with Crippen molar-refractivity contribution in [3.63, 3.8) is 0 Å². The molecule has 5 nitrogen and oxygen atoms in total. The van der Waals surface area contributed by atoms with Gasteiger partial charge in [0, 0.05) is 17.2 Å². The monoisotopic (exact) mass is 409 g/mol. The van der Waals surface area contributed by atoms with Crippen molar-refractivity contribution in [3.05, 3.63) is 53.4 Å². The average molecular weight is 409 g/mol. The van der Waals surface area contributed by atoms with E-state index >= 15 is 0 Å². The molecule has 3 aromatic rings. The molecule has 0 radical (unpaired) electrons. The number of methoxy groups -OCH3 is 2. The highest BCUT2D eigenvalue weighted by Crippen LogP contribution is 2.43. The molecule has 1 unspecified atom stereocenters. The number of aliphatic hydroxyl groups excluding tert-OH is 1. The maximum absolute atomic E-state index is 14.7.